The van der Waals surface area contributed by atoms with E-state index in [1.807, 2.05) is 12.4 Å². The minimum atomic E-state index is 0.693. The topological polar surface area (TPSA) is 28.2 Å². The molecule has 1 heterocycles. The molecule has 0 aliphatic heterocycles. The van der Waals surface area contributed by atoms with Crippen molar-refractivity contribution in [1.29, 1.82) is 0 Å². The first-order valence-electron chi connectivity index (χ1n) is 7.08. The van der Waals surface area contributed by atoms with Gasteiger partial charge < -0.3 is 5.32 Å². The van der Waals surface area contributed by atoms with Gasteiger partial charge in [0.1, 0.15) is 0 Å². The van der Waals surface area contributed by atoms with E-state index in [4.69, 9.17) is 0 Å². The van der Waals surface area contributed by atoms with Crippen molar-refractivity contribution in [3.63, 3.8) is 0 Å². The van der Waals surface area contributed by atoms with Crippen molar-refractivity contribution in [1.82, 2.24) is 15.2 Å². The normalized spacial score (nSPS) is 12.9. The molecule has 18 heavy (non-hydrogen) atoms. The van der Waals surface area contributed by atoms with Crippen LogP contribution in [0, 0.1) is 5.92 Å². The summed E-state index contributed by atoms with van der Waals surface area (Å²) in [6.07, 6.45) is 4.95. The Bertz CT molecular complexity index is 300. The minimum Gasteiger partial charge on any atom is -0.316 e. The summed E-state index contributed by atoms with van der Waals surface area (Å²) in [6, 6.07) is 4.20. The summed E-state index contributed by atoms with van der Waals surface area (Å²) in [5.41, 5.74) is 1.35. The molecule has 0 saturated carbocycles. The highest BCUT2D eigenvalue weighted by atomic mass is 15.1. The lowest BCUT2D eigenvalue weighted by atomic mass is 10.1. The molecule has 3 heteroatoms. The zero-order valence-electron chi connectivity index (χ0n) is 12.0. The van der Waals surface area contributed by atoms with Crippen LogP contribution >= 0.6 is 0 Å². The fraction of sp³-hybridized carbons (Fsp3) is 0.667. The SMILES string of the molecule is CCCNCC(C)CN(CC)Cc1ccncc1. The Kier molecular flexibility index (Phi) is 7.62. The van der Waals surface area contributed by atoms with Crippen molar-refractivity contribution in [2.75, 3.05) is 26.2 Å². The van der Waals surface area contributed by atoms with Crippen LogP contribution in [0.2, 0.25) is 0 Å². The van der Waals surface area contributed by atoms with Gasteiger partial charge in [0, 0.05) is 25.5 Å². The lowest BCUT2D eigenvalue weighted by molar-refractivity contribution is 0.238. The molecule has 0 bridgehead atoms. The highest BCUT2D eigenvalue weighted by molar-refractivity contribution is 5.09. The summed E-state index contributed by atoms with van der Waals surface area (Å²) < 4.78 is 0. The van der Waals surface area contributed by atoms with Gasteiger partial charge in [-0.2, -0.15) is 0 Å². The minimum absolute atomic E-state index is 0.693. The maximum absolute atomic E-state index is 4.06. The smallest absolute Gasteiger partial charge is 0.0271 e. The monoisotopic (exact) mass is 249 g/mol. The standard InChI is InChI=1S/C15H27N3/c1-4-8-17-11-14(3)12-18(5-2)13-15-6-9-16-10-7-15/h6-7,9-10,14,17H,4-5,8,11-13H2,1-3H3. The van der Waals surface area contributed by atoms with E-state index in [1.54, 1.807) is 0 Å². The molecular weight excluding hydrogens is 222 g/mol. The summed E-state index contributed by atoms with van der Waals surface area (Å²) in [7, 11) is 0. The molecular formula is C15H27N3. The van der Waals surface area contributed by atoms with Gasteiger partial charge in [0.05, 0.1) is 0 Å². The van der Waals surface area contributed by atoms with E-state index < -0.39 is 0 Å². The fourth-order valence-electron chi connectivity index (χ4n) is 2.08. The van der Waals surface area contributed by atoms with Crippen LogP contribution in [0.1, 0.15) is 32.8 Å². The second-order valence-corrected chi connectivity index (χ2v) is 4.99. The third kappa shape index (κ3) is 6.12. The summed E-state index contributed by atoms with van der Waals surface area (Å²) in [5, 5.41) is 3.49. The molecule has 0 radical (unpaired) electrons. The van der Waals surface area contributed by atoms with E-state index in [1.165, 1.54) is 12.0 Å². The molecule has 0 spiro atoms. The van der Waals surface area contributed by atoms with Crippen LogP contribution in [0.3, 0.4) is 0 Å². The Morgan fingerprint density at radius 1 is 1.28 bits per heavy atom. The molecule has 0 fully saturated rings. The quantitative estimate of drug-likeness (QED) is 0.682. The summed E-state index contributed by atoms with van der Waals surface area (Å²) in [5.74, 6) is 0.693. The molecule has 1 aromatic heterocycles. The highest BCUT2D eigenvalue weighted by Crippen LogP contribution is 2.06. The number of aromatic nitrogens is 1. The van der Waals surface area contributed by atoms with E-state index in [-0.39, 0.29) is 0 Å². The second kappa shape index (κ2) is 9.06. The van der Waals surface area contributed by atoms with E-state index in [0.29, 0.717) is 5.92 Å². The number of rotatable bonds is 9. The molecule has 1 N–H and O–H groups in total. The van der Waals surface area contributed by atoms with Crippen LogP contribution in [-0.2, 0) is 6.54 Å². The third-order valence-electron chi connectivity index (χ3n) is 3.09. The van der Waals surface area contributed by atoms with Crippen LogP contribution in [0.4, 0.5) is 0 Å². The zero-order chi connectivity index (χ0) is 13.2. The Morgan fingerprint density at radius 3 is 2.61 bits per heavy atom. The van der Waals surface area contributed by atoms with E-state index in [0.717, 1.165) is 32.7 Å². The van der Waals surface area contributed by atoms with Gasteiger partial charge in [-0.1, -0.05) is 20.8 Å². The maximum atomic E-state index is 4.06. The van der Waals surface area contributed by atoms with Gasteiger partial charge in [0.15, 0.2) is 0 Å². The van der Waals surface area contributed by atoms with Crippen LogP contribution in [0.25, 0.3) is 0 Å². The van der Waals surface area contributed by atoms with Gasteiger partial charge in [-0.25, -0.2) is 0 Å². The molecule has 0 aliphatic rings. The van der Waals surface area contributed by atoms with Gasteiger partial charge in [0.2, 0.25) is 0 Å². The van der Waals surface area contributed by atoms with Crippen LogP contribution in [-0.4, -0.2) is 36.1 Å². The lowest BCUT2D eigenvalue weighted by Gasteiger charge is -2.24. The molecule has 3 nitrogen and oxygen atoms in total. The molecule has 0 amide bonds. The average Bonchev–Trinajstić information content (AvgIpc) is 2.39. The zero-order valence-corrected chi connectivity index (χ0v) is 12.0. The highest BCUT2D eigenvalue weighted by Gasteiger charge is 2.08. The van der Waals surface area contributed by atoms with Crippen molar-refractivity contribution in [2.45, 2.75) is 33.7 Å². The molecule has 1 unspecified atom stereocenters. The van der Waals surface area contributed by atoms with Crippen molar-refractivity contribution in [2.24, 2.45) is 5.92 Å². The Hall–Kier alpha value is -0.930. The van der Waals surface area contributed by atoms with Crippen LogP contribution in [0.5, 0.6) is 0 Å². The molecule has 1 atom stereocenters. The van der Waals surface area contributed by atoms with E-state index >= 15 is 0 Å². The summed E-state index contributed by atoms with van der Waals surface area (Å²) >= 11 is 0. The van der Waals surface area contributed by atoms with Gasteiger partial charge >= 0.3 is 0 Å². The van der Waals surface area contributed by atoms with Crippen molar-refractivity contribution >= 4 is 0 Å². The number of hydrogen-bond acceptors (Lipinski definition) is 3. The van der Waals surface area contributed by atoms with Gasteiger partial charge in [-0.05, 0) is 49.7 Å². The number of nitrogens with zero attached hydrogens (tertiary/aromatic N) is 2. The molecule has 1 aromatic rings. The summed E-state index contributed by atoms with van der Waals surface area (Å²) in [6.45, 7) is 12.3. The molecule has 102 valence electrons. The van der Waals surface area contributed by atoms with E-state index in [2.05, 4.69) is 48.1 Å². The van der Waals surface area contributed by atoms with Crippen molar-refractivity contribution in [3.05, 3.63) is 30.1 Å². The van der Waals surface area contributed by atoms with Gasteiger partial charge in [-0.15, -0.1) is 0 Å². The maximum Gasteiger partial charge on any atom is 0.0271 e. The first kappa shape index (κ1) is 15.1. The first-order valence-corrected chi connectivity index (χ1v) is 7.08. The Balaban J connectivity index is 2.32. The largest absolute Gasteiger partial charge is 0.316 e. The number of pyridine rings is 1. The predicted molar refractivity (Wildman–Crippen MR) is 77.5 cm³/mol. The number of nitrogens with one attached hydrogen (secondary N) is 1. The van der Waals surface area contributed by atoms with Crippen LogP contribution < -0.4 is 5.32 Å². The fourth-order valence-corrected chi connectivity index (χ4v) is 2.08. The molecule has 1 rings (SSSR count). The molecule has 0 aromatic carbocycles. The lowest BCUT2D eigenvalue weighted by Crippen LogP contribution is -2.33. The average molecular weight is 249 g/mol. The second-order valence-electron chi connectivity index (χ2n) is 4.99. The Morgan fingerprint density at radius 2 is 2.00 bits per heavy atom. The molecule has 0 aliphatic carbocycles. The number of hydrogen-bond donors (Lipinski definition) is 1. The summed E-state index contributed by atoms with van der Waals surface area (Å²) in [4.78, 5) is 6.55. The van der Waals surface area contributed by atoms with Crippen molar-refractivity contribution < 1.29 is 0 Å². The van der Waals surface area contributed by atoms with Gasteiger partial charge in [-0.3, -0.25) is 9.88 Å². The predicted octanol–water partition coefficient (Wildman–Crippen LogP) is 2.54. The van der Waals surface area contributed by atoms with Gasteiger partial charge in [0.25, 0.3) is 0 Å². The van der Waals surface area contributed by atoms with E-state index in [9.17, 15) is 0 Å². The third-order valence-corrected chi connectivity index (χ3v) is 3.09. The van der Waals surface area contributed by atoms with Crippen molar-refractivity contribution in [3.8, 4) is 0 Å². The first-order chi connectivity index (χ1) is 8.76. The van der Waals surface area contributed by atoms with Crippen LogP contribution in [0.15, 0.2) is 24.5 Å². The Labute approximate surface area is 112 Å². The molecule has 0 saturated heterocycles.